The van der Waals surface area contributed by atoms with Crippen LogP contribution >= 0.6 is 0 Å². The number of hydrogen-bond acceptors (Lipinski definition) is 7. The Labute approximate surface area is 181 Å². The van der Waals surface area contributed by atoms with E-state index in [-0.39, 0.29) is 11.8 Å². The van der Waals surface area contributed by atoms with Crippen molar-refractivity contribution in [2.45, 2.75) is 63.6 Å². The summed E-state index contributed by atoms with van der Waals surface area (Å²) in [5.41, 5.74) is 12.0. The van der Waals surface area contributed by atoms with Crippen LogP contribution in [0.1, 0.15) is 51.0 Å². The number of nitrogens with zero attached hydrogens (tertiary/aromatic N) is 3. The third-order valence-electron chi connectivity index (χ3n) is 6.83. The van der Waals surface area contributed by atoms with Gasteiger partial charge >= 0.3 is 0 Å². The van der Waals surface area contributed by atoms with E-state index in [1.165, 1.54) is 0 Å². The minimum absolute atomic E-state index is 0.0599. The fourth-order valence-electron chi connectivity index (χ4n) is 4.91. The van der Waals surface area contributed by atoms with Gasteiger partial charge in [-0.05, 0) is 51.5 Å². The predicted molar refractivity (Wildman–Crippen MR) is 117 cm³/mol. The van der Waals surface area contributed by atoms with Crippen LogP contribution in [0.5, 0.6) is 0 Å². The summed E-state index contributed by atoms with van der Waals surface area (Å²) in [6.45, 7) is 4.36. The van der Waals surface area contributed by atoms with Gasteiger partial charge in [-0.2, -0.15) is 5.10 Å². The molecule has 2 aliphatic heterocycles. The van der Waals surface area contributed by atoms with Gasteiger partial charge in [0.25, 0.3) is 0 Å². The van der Waals surface area contributed by atoms with E-state index < -0.39 is 5.60 Å². The molecule has 1 spiro atoms. The molecule has 4 heterocycles. The highest BCUT2D eigenvalue weighted by Crippen LogP contribution is 2.42. The summed E-state index contributed by atoms with van der Waals surface area (Å²) in [5.74, 6) is -0.272. The molecule has 1 amide bonds. The maximum atomic E-state index is 11.5. The molecule has 31 heavy (non-hydrogen) atoms. The first kappa shape index (κ1) is 20.3. The molecule has 2 aromatic heterocycles. The molecule has 4 N–H and O–H groups in total. The molecule has 0 aromatic carbocycles. The summed E-state index contributed by atoms with van der Waals surface area (Å²) in [7, 11) is 0. The molecule has 9 nitrogen and oxygen atoms in total. The van der Waals surface area contributed by atoms with Crippen LogP contribution in [0, 0.1) is 5.92 Å². The van der Waals surface area contributed by atoms with E-state index in [9.17, 15) is 4.79 Å². The van der Waals surface area contributed by atoms with Crippen LogP contribution in [0.4, 0.5) is 5.69 Å². The first-order valence-electron chi connectivity index (χ1n) is 11.2. The minimum Gasteiger partial charge on any atom is -0.381 e. The molecule has 1 saturated heterocycles. The van der Waals surface area contributed by atoms with E-state index >= 15 is 0 Å². The molecule has 166 valence electrons. The van der Waals surface area contributed by atoms with Crippen molar-refractivity contribution < 1.29 is 14.4 Å². The molecule has 1 saturated carbocycles. The highest BCUT2D eigenvalue weighted by Gasteiger charge is 2.41. The molecule has 0 atom stereocenters. The quantitative estimate of drug-likeness (QED) is 0.672. The van der Waals surface area contributed by atoms with Crippen LogP contribution in [-0.4, -0.2) is 45.5 Å². The number of fused-ring (bicyclic) bond motifs is 1. The Morgan fingerprint density at radius 3 is 2.77 bits per heavy atom. The van der Waals surface area contributed by atoms with Gasteiger partial charge in [-0.3, -0.25) is 15.1 Å². The van der Waals surface area contributed by atoms with Crippen LogP contribution in [0.3, 0.4) is 0 Å². The van der Waals surface area contributed by atoms with Crippen molar-refractivity contribution in [3.05, 3.63) is 24.0 Å². The highest BCUT2D eigenvalue weighted by atomic mass is 16.7. The SMILES string of the molecule is CCn1ncc2c(NC3CCOCC3)c(C3=CC4(CCC(C(N)=O)CC4)ON3)cnc21. The number of hydrogen-bond donors (Lipinski definition) is 3. The second kappa shape index (κ2) is 8.12. The fourth-order valence-corrected chi connectivity index (χ4v) is 4.91. The van der Waals surface area contributed by atoms with Gasteiger partial charge in [0.15, 0.2) is 5.65 Å². The van der Waals surface area contributed by atoms with Crippen LogP contribution in [0.2, 0.25) is 0 Å². The number of carbonyl (C=O) groups excluding carboxylic acids is 1. The lowest BCUT2D eigenvalue weighted by Gasteiger charge is -2.32. The van der Waals surface area contributed by atoms with Gasteiger partial charge in [0, 0.05) is 43.5 Å². The summed E-state index contributed by atoms with van der Waals surface area (Å²) in [6, 6.07) is 0.339. The lowest BCUT2D eigenvalue weighted by atomic mass is 9.78. The van der Waals surface area contributed by atoms with Gasteiger partial charge < -0.3 is 15.8 Å². The molecule has 0 radical (unpaired) electrons. The van der Waals surface area contributed by atoms with E-state index in [1.807, 2.05) is 17.1 Å². The maximum absolute atomic E-state index is 11.5. The number of amides is 1. The van der Waals surface area contributed by atoms with Crippen molar-refractivity contribution >= 4 is 28.3 Å². The minimum atomic E-state index is -0.403. The molecule has 0 bridgehead atoms. The van der Waals surface area contributed by atoms with E-state index in [0.29, 0.717) is 6.04 Å². The van der Waals surface area contributed by atoms with Crippen LogP contribution < -0.4 is 16.5 Å². The van der Waals surface area contributed by atoms with Crippen LogP contribution in [0.25, 0.3) is 16.7 Å². The third kappa shape index (κ3) is 3.76. The van der Waals surface area contributed by atoms with E-state index in [4.69, 9.17) is 20.3 Å². The number of anilines is 1. The third-order valence-corrected chi connectivity index (χ3v) is 6.83. The van der Waals surface area contributed by atoms with Gasteiger partial charge in [-0.15, -0.1) is 0 Å². The molecule has 0 unspecified atom stereocenters. The highest BCUT2D eigenvalue weighted by molar-refractivity contribution is 5.95. The molecular weight excluding hydrogens is 396 g/mol. The average Bonchev–Trinajstić information content (AvgIpc) is 3.39. The second-order valence-electron chi connectivity index (χ2n) is 8.78. The first-order valence-corrected chi connectivity index (χ1v) is 11.2. The smallest absolute Gasteiger partial charge is 0.220 e. The summed E-state index contributed by atoms with van der Waals surface area (Å²) in [4.78, 5) is 22.3. The Kier molecular flexibility index (Phi) is 5.31. The largest absolute Gasteiger partial charge is 0.381 e. The number of pyridine rings is 1. The second-order valence-corrected chi connectivity index (χ2v) is 8.78. The Hall–Kier alpha value is -2.65. The van der Waals surface area contributed by atoms with Gasteiger partial charge in [-0.1, -0.05) is 0 Å². The van der Waals surface area contributed by atoms with Crippen molar-refractivity contribution in [1.29, 1.82) is 0 Å². The lowest BCUT2D eigenvalue weighted by molar-refractivity contribution is -0.125. The van der Waals surface area contributed by atoms with Gasteiger partial charge in [0.05, 0.1) is 23.0 Å². The van der Waals surface area contributed by atoms with E-state index in [1.54, 1.807) is 0 Å². The van der Waals surface area contributed by atoms with Crippen molar-refractivity contribution in [3.63, 3.8) is 0 Å². The number of aromatic nitrogens is 3. The van der Waals surface area contributed by atoms with Crippen molar-refractivity contribution in [3.8, 4) is 0 Å². The lowest BCUT2D eigenvalue weighted by Crippen LogP contribution is -2.38. The van der Waals surface area contributed by atoms with Crippen molar-refractivity contribution in [2.24, 2.45) is 11.7 Å². The molecule has 2 fully saturated rings. The van der Waals surface area contributed by atoms with E-state index in [0.717, 1.165) is 86.3 Å². The summed E-state index contributed by atoms with van der Waals surface area (Å²) in [5, 5.41) is 9.27. The number of ether oxygens (including phenoxy) is 1. The van der Waals surface area contributed by atoms with E-state index in [2.05, 4.69) is 28.9 Å². The zero-order chi connectivity index (χ0) is 21.4. The normalized spacial score (nSPS) is 26.7. The summed E-state index contributed by atoms with van der Waals surface area (Å²) in [6.07, 6.45) is 10.9. The number of primary amides is 1. The number of nitrogens with two attached hydrogens (primary N) is 1. The predicted octanol–water partition coefficient (Wildman–Crippen LogP) is 2.33. The Morgan fingerprint density at radius 2 is 2.06 bits per heavy atom. The molecular formula is C22H30N6O3. The Bertz CT molecular complexity index is 1000. The Balaban J connectivity index is 1.49. The summed E-state index contributed by atoms with van der Waals surface area (Å²) >= 11 is 0. The zero-order valence-electron chi connectivity index (χ0n) is 17.9. The average molecular weight is 427 g/mol. The maximum Gasteiger partial charge on any atom is 0.220 e. The molecule has 5 rings (SSSR count). The van der Waals surface area contributed by atoms with Gasteiger partial charge in [-0.25, -0.2) is 9.67 Å². The molecule has 3 aliphatic rings. The molecule has 1 aliphatic carbocycles. The van der Waals surface area contributed by atoms with Gasteiger partial charge in [0.2, 0.25) is 5.91 Å². The van der Waals surface area contributed by atoms with Gasteiger partial charge in [0.1, 0.15) is 5.60 Å². The number of nitrogens with one attached hydrogen (secondary N) is 2. The van der Waals surface area contributed by atoms with Crippen molar-refractivity contribution in [1.82, 2.24) is 20.2 Å². The zero-order valence-corrected chi connectivity index (χ0v) is 17.9. The first-order chi connectivity index (χ1) is 15.1. The molecule has 2 aromatic rings. The van der Waals surface area contributed by atoms with Crippen LogP contribution in [-0.2, 0) is 20.9 Å². The summed E-state index contributed by atoms with van der Waals surface area (Å²) < 4.78 is 7.44. The standard InChI is InChI=1S/C22H30N6O3/c1-2-28-21-17(13-25-28)19(26-15-5-9-30-10-6-15)16(12-24-21)18-11-22(31-27-18)7-3-14(4-8-22)20(23)29/h11-15,27H,2-10H2,1H3,(H2,23,29)(H,24,26). The fraction of sp³-hybridized carbons (Fsp3) is 0.591. The number of hydroxylamine groups is 1. The molecule has 9 heteroatoms. The van der Waals surface area contributed by atoms with Crippen LogP contribution in [0.15, 0.2) is 18.5 Å². The monoisotopic (exact) mass is 426 g/mol. The number of rotatable bonds is 5. The van der Waals surface area contributed by atoms with Crippen molar-refractivity contribution in [2.75, 3.05) is 18.5 Å². The Morgan fingerprint density at radius 1 is 1.29 bits per heavy atom. The number of carbonyl (C=O) groups is 1. The topological polar surface area (TPSA) is 116 Å². The number of aryl methyl sites for hydroxylation is 1.